The topological polar surface area (TPSA) is 38.3 Å². The van der Waals surface area contributed by atoms with E-state index < -0.39 is 6.10 Å². The van der Waals surface area contributed by atoms with Crippen molar-refractivity contribution in [1.29, 1.82) is 0 Å². The molecule has 1 heterocycles. The molecule has 0 bridgehead atoms. The molecule has 1 aliphatic rings. The number of carbonyl (C=O) groups is 1. The molecule has 1 unspecified atom stereocenters. The highest BCUT2D eigenvalue weighted by Gasteiger charge is 2.16. The van der Waals surface area contributed by atoms with E-state index in [1.165, 1.54) is 6.26 Å². The fourth-order valence-corrected chi connectivity index (χ4v) is 1.27. The number of benzene rings is 1. The Balaban J connectivity index is 1.98. The molecule has 0 radical (unpaired) electrons. The molecule has 1 amide bonds. The third-order valence-corrected chi connectivity index (χ3v) is 2.00. The lowest BCUT2D eigenvalue weighted by atomic mass is 10.2. The lowest BCUT2D eigenvalue weighted by molar-refractivity contribution is -0.122. The molecule has 0 spiro atoms. The van der Waals surface area contributed by atoms with Gasteiger partial charge in [-0.3, -0.25) is 4.79 Å². The highest BCUT2D eigenvalue weighted by Crippen LogP contribution is 2.09. The monoisotopic (exact) mass is 201 g/mol. The second-order valence-corrected chi connectivity index (χ2v) is 3.13. The number of hydrogen-bond acceptors (Lipinski definition) is 2. The van der Waals surface area contributed by atoms with Gasteiger partial charge in [-0.2, -0.15) is 0 Å². The summed E-state index contributed by atoms with van der Waals surface area (Å²) < 4.78 is 5.13. The van der Waals surface area contributed by atoms with Gasteiger partial charge >= 0.3 is 0 Å². The van der Waals surface area contributed by atoms with Gasteiger partial charge in [0.05, 0.1) is 6.26 Å². The quantitative estimate of drug-likeness (QED) is 0.795. The predicted octanol–water partition coefficient (Wildman–Crippen LogP) is 2.09. The van der Waals surface area contributed by atoms with Gasteiger partial charge in [0.15, 0.2) is 6.10 Å². The summed E-state index contributed by atoms with van der Waals surface area (Å²) in [5.74, 6) is -0.165. The van der Waals surface area contributed by atoms with Gasteiger partial charge in [0.2, 0.25) is 0 Å². The van der Waals surface area contributed by atoms with Gasteiger partial charge in [0.1, 0.15) is 0 Å². The van der Waals surface area contributed by atoms with Crippen molar-refractivity contribution in [2.24, 2.45) is 0 Å². The molecule has 0 aromatic heterocycles. The van der Waals surface area contributed by atoms with E-state index in [-0.39, 0.29) is 5.91 Å². The van der Waals surface area contributed by atoms with E-state index in [2.05, 4.69) is 5.32 Å². The maximum atomic E-state index is 11.6. The molecular formula is C12H11NO2. The van der Waals surface area contributed by atoms with Gasteiger partial charge in [-0.25, -0.2) is 0 Å². The van der Waals surface area contributed by atoms with Gasteiger partial charge in [-0.15, -0.1) is 0 Å². The molecule has 0 fully saturated rings. The van der Waals surface area contributed by atoms with Crippen LogP contribution in [0.5, 0.6) is 0 Å². The summed E-state index contributed by atoms with van der Waals surface area (Å²) in [6.07, 6.45) is 6.22. The molecule has 3 nitrogen and oxygen atoms in total. The molecule has 1 aromatic carbocycles. The van der Waals surface area contributed by atoms with Crippen LogP contribution in [0.25, 0.3) is 0 Å². The summed E-state index contributed by atoms with van der Waals surface area (Å²) in [7, 11) is 0. The Morgan fingerprint density at radius 3 is 2.67 bits per heavy atom. The van der Waals surface area contributed by atoms with E-state index in [9.17, 15) is 4.79 Å². The van der Waals surface area contributed by atoms with Crippen molar-refractivity contribution < 1.29 is 9.53 Å². The molecule has 1 aromatic rings. The maximum absolute atomic E-state index is 11.6. The first-order valence-electron chi connectivity index (χ1n) is 4.71. The van der Waals surface area contributed by atoms with E-state index >= 15 is 0 Å². The third-order valence-electron chi connectivity index (χ3n) is 2.00. The first-order valence-corrected chi connectivity index (χ1v) is 4.71. The summed E-state index contributed by atoms with van der Waals surface area (Å²) >= 11 is 0. The second-order valence-electron chi connectivity index (χ2n) is 3.13. The van der Waals surface area contributed by atoms with E-state index in [1.54, 1.807) is 18.2 Å². The van der Waals surface area contributed by atoms with Crippen molar-refractivity contribution in [3.63, 3.8) is 0 Å². The summed E-state index contributed by atoms with van der Waals surface area (Å²) in [5, 5.41) is 2.76. The number of rotatable bonds is 2. The molecule has 15 heavy (non-hydrogen) atoms. The number of allylic oxidation sites excluding steroid dienone is 2. The summed E-state index contributed by atoms with van der Waals surface area (Å²) in [4.78, 5) is 11.6. The molecular weight excluding hydrogens is 190 g/mol. The number of ether oxygens (including phenoxy) is 1. The van der Waals surface area contributed by atoms with Gasteiger partial charge in [0, 0.05) is 5.69 Å². The smallest absolute Gasteiger partial charge is 0.269 e. The zero-order chi connectivity index (χ0) is 10.5. The largest absolute Gasteiger partial charge is 0.484 e. The third kappa shape index (κ3) is 2.47. The highest BCUT2D eigenvalue weighted by atomic mass is 16.5. The first-order chi connectivity index (χ1) is 7.36. The lowest BCUT2D eigenvalue weighted by Crippen LogP contribution is -2.28. The van der Waals surface area contributed by atoms with E-state index in [4.69, 9.17) is 4.74 Å². The second kappa shape index (κ2) is 4.46. The SMILES string of the molecule is O=C(Nc1ccccc1)C1C=CC=CO1. The normalized spacial score (nSPS) is 18.3. The van der Waals surface area contributed by atoms with Crippen molar-refractivity contribution in [2.45, 2.75) is 6.10 Å². The molecule has 0 saturated carbocycles. The van der Waals surface area contributed by atoms with Crippen molar-refractivity contribution in [1.82, 2.24) is 0 Å². The van der Waals surface area contributed by atoms with E-state index in [0.717, 1.165) is 5.69 Å². The highest BCUT2D eigenvalue weighted by molar-refractivity contribution is 5.95. The minimum Gasteiger partial charge on any atom is -0.484 e. The average molecular weight is 201 g/mol. The van der Waals surface area contributed by atoms with Gasteiger partial charge in [-0.05, 0) is 24.3 Å². The summed E-state index contributed by atoms with van der Waals surface area (Å²) in [5.41, 5.74) is 0.772. The number of amides is 1. The van der Waals surface area contributed by atoms with Crippen molar-refractivity contribution >= 4 is 11.6 Å². The maximum Gasteiger partial charge on any atom is 0.269 e. The molecule has 1 aliphatic heterocycles. The van der Waals surface area contributed by atoms with Crippen LogP contribution in [-0.4, -0.2) is 12.0 Å². The number of carbonyl (C=O) groups excluding carboxylic acids is 1. The fourth-order valence-electron chi connectivity index (χ4n) is 1.27. The van der Waals surface area contributed by atoms with Crippen LogP contribution in [0, 0.1) is 0 Å². The molecule has 2 rings (SSSR count). The molecule has 3 heteroatoms. The van der Waals surface area contributed by atoms with Crippen molar-refractivity contribution in [2.75, 3.05) is 5.32 Å². The van der Waals surface area contributed by atoms with Crippen molar-refractivity contribution in [3.8, 4) is 0 Å². The Hall–Kier alpha value is -2.03. The standard InChI is InChI=1S/C12H11NO2/c14-12(11-8-4-5-9-15-11)13-10-6-2-1-3-7-10/h1-9,11H,(H,13,14). The zero-order valence-corrected chi connectivity index (χ0v) is 8.09. The average Bonchev–Trinajstić information content (AvgIpc) is 2.31. The van der Waals surface area contributed by atoms with Crippen LogP contribution in [0.1, 0.15) is 0 Å². The van der Waals surface area contributed by atoms with Gasteiger partial charge < -0.3 is 10.1 Å². The van der Waals surface area contributed by atoms with Crippen LogP contribution >= 0.6 is 0 Å². The van der Waals surface area contributed by atoms with Crippen LogP contribution in [0.4, 0.5) is 5.69 Å². The van der Waals surface area contributed by atoms with Gasteiger partial charge in [-0.1, -0.05) is 24.3 Å². The minimum atomic E-state index is -0.532. The summed E-state index contributed by atoms with van der Waals surface area (Å²) in [6.45, 7) is 0. The minimum absolute atomic E-state index is 0.165. The number of para-hydroxylation sites is 1. The molecule has 0 saturated heterocycles. The van der Waals surface area contributed by atoms with Gasteiger partial charge in [0.25, 0.3) is 5.91 Å². The molecule has 0 aliphatic carbocycles. The molecule has 1 N–H and O–H groups in total. The number of anilines is 1. The predicted molar refractivity (Wildman–Crippen MR) is 58.2 cm³/mol. The Kier molecular flexibility index (Phi) is 2.83. The van der Waals surface area contributed by atoms with Crippen LogP contribution in [-0.2, 0) is 9.53 Å². The first kappa shape index (κ1) is 9.52. The Labute approximate surface area is 88.1 Å². The van der Waals surface area contributed by atoms with Crippen LogP contribution in [0.15, 0.2) is 54.8 Å². The number of nitrogens with one attached hydrogen (secondary N) is 1. The van der Waals surface area contributed by atoms with Crippen LogP contribution in [0.2, 0.25) is 0 Å². The van der Waals surface area contributed by atoms with E-state index in [0.29, 0.717) is 0 Å². The fraction of sp³-hybridized carbons (Fsp3) is 0.0833. The zero-order valence-electron chi connectivity index (χ0n) is 8.09. The Morgan fingerprint density at radius 2 is 2.00 bits per heavy atom. The lowest BCUT2D eigenvalue weighted by Gasteiger charge is -2.14. The Bertz CT molecular complexity index is 395. The van der Waals surface area contributed by atoms with Crippen molar-refractivity contribution in [3.05, 3.63) is 54.8 Å². The van der Waals surface area contributed by atoms with Crippen LogP contribution < -0.4 is 5.32 Å². The molecule has 76 valence electrons. The van der Waals surface area contributed by atoms with Crippen LogP contribution in [0.3, 0.4) is 0 Å². The molecule has 1 atom stereocenters. The Morgan fingerprint density at radius 1 is 1.20 bits per heavy atom. The number of hydrogen-bond donors (Lipinski definition) is 1. The van der Waals surface area contributed by atoms with E-state index in [1.807, 2.05) is 30.3 Å². The summed E-state index contributed by atoms with van der Waals surface area (Å²) in [6, 6.07) is 9.30.